The van der Waals surface area contributed by atoms with Gasteiger partial charge in [0.25, 0.3) is 0 Å². The first-order valence-electron chi connectivity index (χ1n) is 5.83. The maximum absolute atomic E-state index is 8.39. The van der Waals surface area contributed by atoms with Crippen LogP contribution in [0.1, 0.15) is 11.1 Å². The molecule has 2 aromatic carbocycles. The molecule has 2 aromatic rings. The predicted octanol–water partition coefficient (Wildman–Crippen LogP) is 3.12. The molecule has 3 heteroatoms. The van der Waals surface area contributed by atoms with E-state index in [1.54, 1.807) is 0 Å². The average Bonchev–Trinajstić information content (AvgIpc) is 2.42. The van der Waals surface area contributed by atoms with E-state index in [9.17, 15) is 0 Å². The normalized spacial score (nSPS) is 10.7. The molecule has 3 nitrogen and oxygen atoms in total. The number of benzene rings is 2. The monoisotopic (exact) mass is 241 g/mol. The molecular formula is C15H15NO2. The Bertz CT molecular complexity index is 492. The Morgan fingerprint density at radius 3 is 2.39 bits per heavy atom. The van der Waals surface area contributed by atoms with Crippen molar-refractivity contribution >= 4 is 6.21 Å². The van der Waals surface area contributed by atoms with Crippen LogP contribution in [0.5, 0.6) is 5.75 Å². The van der Waals surface area contributed by atoms with Crippen LogP contribution in [-0.2, 0) is 6.42 Å². The summed E-state index contributed by atoms with van der Waals surface area (Å²) in [4.78, 5) is 0. The molecule has 0 atom stereocenters. The summed E-state index contributed by atoms with van der Waals surface area (Å²) in [6.45, 7) is 0.650. The number of ether oxygens (including phenoxy) is 1. The highest BCUT2D eigenvalue weighted by Crippen LogP contribution is 2.11. The highest BCUT2D eigenvalue weighted by Gasteiger charge is 1.95. The number of oxime groups is 1. The maximum Gasteiger partial charge on any atom is 0.119 e. The minimum Gasteiger partial charge on any atom is -0.493 e. The highest BCUT2D eigenvalue weighted by molar-refractivity contribution is 5.79. The van der Waals surface area contributed by atoms with Gasteiger partial charge in [0.05, 0.1) is 12.8 Å². The van der Waals surface area contributed by atoms with Crippen LogP contribution in [0.15, 0.2) is 59.8 Å². The van der Waals surface area contributed by atoms with Crippen LogP contribution in [0.2, 0.25) is 0 Å². The Labute approximate surface area is 106 Å². The van der Waals surface area contributed by atoms with E-state index in [1.165, 1.54) is 11.8 Å². The second-order valence-corrected chi connectivity index (χ2v) is 3.90. The molecule has 0 radical (unpaired) electrons. The molecular weight excluding hydrogens is 226 g/mol. The van der Waals surface area contributed by atoms with Crippen molar-refractivity contribution in [2.45, 2.75) is 6.42 Å². The van der Waals surface area contributed by atoms with Crippen LogP contribution in [0.3, 0.4) is 0 Å². The van der Waals surface area contributed by atoms with Crippen molar-refractivity contribution in [1.29, 1.82) is 0 Å². The molecule has 0 bridgehead atoms. The fourth-order valence-corrected chi connectivity index (χ4v) is 1.65. The first-order valence-corrected chi connectivity index (χ1v) is 5.83. The van der Waals surface area contributed by atoms with Crippen LogP contribution in [0.4, 0.5) is 0 Å². The fourth-order valence-electron chi connectivity index (χ4n) is 1.65. The van der Waals surface area contributed by atoms with Crippen molar-refractivity contribution in [1.82, 2.24) is 0 Å². The molecule has 0 aromatic heterocycles. The van der Waals surface area contributed by atoms with E-state index >= 15 is 0 Å². The minimum atomic E-state index is 0.650. The molecule has 0 amide bonds. The lowest BCUT2D eigenvalue weighted by Crippen LogP contribution is -2.01. The van der Waals surface area contributed by atoms with Gasteiger partial charge in [0.15, 0.2) is 0 Å². The first kappa shape index (κ1) is 12.2. The van der Waals surface area contributed by atoms with Gasteiger partial charge in [-0.15, -0.1) is 0 Å². The summed E-state index contributed by atoms with van der Waals surface area (Å²) in [5.41, 5.74) is 2.11. The van der Waals surface area contributed by atoms with Gasteiger partial charge in [-0.25, -0.2) is 0 Å². The van der Waals surface area contributed by atoms with Crippen molar-refractivity contribution in [3.05, 3.63) is 65.7 Å². The highest BCUT2D eigenvalue weighted by atomic mass is 16.5. The van der Waals surface area contributed by atoms with Gasteiger partial charge in [0.1, 0.15) is 5.75 Å². The topological polar surface area (TPSA) is 41.8 Å². The Hall–Kier alpha value is -2.29. The third-order valence-electron chi connectivity index (χ3n) is 2.59. The molecule has 0 fully saturated rings. The summed E-state index contributed by atoms with van der Waals surface area (Å²) >= 11 is 0. The van der Waals surface area contributed by atoms with Crippen LogP contribution < -0.4 is 4.74 Å². The van der Waals surface area contributed by atoms with Crippen LogP contribution in [-0.4, -0.2) is 18.0 Å². The standard InChI is InChI=1S/C15H15NO2/c17-16-12-14-6-8-15(9-7-14)18-11-10-13-4-2-1-3-5-13/h1-9,12,17H,10-11H2. The van der Waals surface area contributed by atoms with Gasteiger partial charge in [0.2, 0.25) is 0 Å². The Morgan fingerprint density at radius 2 is 1.72 bits per heavy atom. The van der Waals surface area contributed by atoms with Crippen molar-refractivity contribution in [2.24, 2.45) is 5.16 Å². The third-order valence-corrected chi connectivity index (χ3v) is 2.59. The van der Waals surface area contributed by atoms with E-state index in [4.69, 9.17) is 9.94 Å². The van der Waals surface area contributed by atoms with E-state index in [2.05, 4.69) is 17.3 Å². The molecule has 0 saturated heterocycles. The van der Waals surface area contributed by atoms with Gasteiger partial charge in [-0.05, 0) is 35.4 Å². The van der Waals surface area contributed by atoms with E-state index in [0.717, 1.165) is 17.7 Å². The number of hydrogen-bond donors (Lipinski definition) is 1. The van der Waals surface area contributed by atoms with Crippen molar-refractivity contribution in [2.75, 3.05) is 6.61 Å². The van der Waals surface area contributed by atoms with Crippen LogP contribution in [0, 0.1) is 0 Å². The zero-order valence-electron chi connectivity index (χ0n) is 9.99. The molecule has 1 N–H and O–H groups in total. The smallest absolute Gasteiger partial charge is 0.119 e. The number of rotatable bonds is 5. The molecule has 0 aliphatic carbocycles. The van der Waals surface area contributed by atoms with E-state index in [1.807, 2.05) is 42.5 Å². The summed E-state index contributed by atoms with van der Waals surface area (Å²) in [6, 6.07) is 17.6. The molecule has 0 saturated carbocycles. The molecule has 0 unspecified atom stereocenters. The maximum atomic E-state index is 8.39. The quantitative estimate of drug-likeness (QED) is 0.496. The molecule has 0 spiro atoms. The van der Waals surface area contributed by atoms with Gasteiger partial charge in [-0.2, -0.15) is 0 Å². The average molecular weight is 241 g/mol. The number of nitrogens with zero attached hydrogens (tertiary/aromatic N) is 1. The zero-order chi connectivity index (χ0) is 12.6. The summed E-state index contributed by atoms with van der Waals surface area (Å²) in [6.07, 6.45) is 2.27. The van der Waals surface area contributed by atoms with Crippen molar-refractivity contribution < 1.29 is 9.94 Å². The van der Waals surface area contributed by atoms with Crippen molar-refractivity contribution in [3.8, 4) is 5.75 Å². The molecule has 92 valence electrons. The summed E-state index contributed by atoms with van der Waals surface area (Å²) < 4.78 is 5.64. The Morgan fingerprint density at radius 1 is 1.00 bits per heavy atom. The second-order valence-electron chi connectivity index (χ2n) is 3.90. The van der Waals surface area contributed by atoms with Gasteiger partial charge < -0.3 is 9.94 Å². The fraction of sp³-hybridized carbons (Fsp3) is 0.133. The van der Waals surface area contributed by atoms with Gasteiger partial charge in [-0.3, -0.25) is 0 Å². The molecule has 2 rings (SSSR count). The summed E-state index contributed by atoms with van der Waals surface area (Å²) in [5, 5.41) is 11.4. The molecule has 0 aliphatic heterocycles. The third kappa shape index (κ3) is 3.63. The van der Waals surface area contributed by atoms with Gasteiger partial charge in [-0.1, -0.05) is 35.5 Å². The Balaban J connectivity index is 1.83. The lowest BCUT2D eigenvalue weighted by molar-refractivity contribution is 0.321. The number of hydrogen-bond acceptors (Lipinski definition) is 3. The van der Waals surface area contributed by atoms with E-state index in [0.29, 0.717) is 6.61 Å². The molecule has 0 aliphatic rings. The zero-order valence-corrected chi connectivity index (χ0v) is 9.99. The van der Waals surface area contributed by atoms with E-state index < -0.39 is 0 Å². The van der Waals surface area contributed by atoms with Crippen LogP contribution in [0.25, 0.3) is 0 Å². The summed E-state index contributed by atoms with van der Waals surface area (Å²) in [5.74, 6) is 0.820. The van der Waals surface area contributed by atoms with E-state index in [-0.39, 0.29) is 0 Å². The molecule has 18 heavy (non-hydrogen) atoms. The molecule has 0 heterocycles. The second kappa shape index (κ2) is 6.45. The Kier molecular flexibility index (Phi) is 4.36. The predicted molar refractivity (Wildman–Crippen MR) is 71.5 cm³/mol. The lowest BCUT2D eigenvalue weighted by atomic mass is 10.2. The SMILES string of the molecule is ON=Cc1ccc(OCCc2ccccc2)cc1. The largest absolute Gasteiger partial charge is 0.493 e. The van der Waals surface area contributed by atoms with Gasteiger partial charge >= 0.3 is 0 Å². The van der Waals surface area contributed by atoms with Crippen LogP contribution >= 0.6 is 0 Å². The van der Waals surface area contributed by atoms with Gasteiger partial charge in [0, 0.05) is 6.42 Å². The summed E-state index contributed by atoms with van der Waals surface area (Å²) in [7, 11) is 0. The minimum absolute atomic E-state index is 0.650. The lowest BCUT2D eigenvalue weighted by Gasteiger charge is -2.06. The first-order chi connectivity index (χ1) is 8.88. The van der Waals surface area contributed by atoms with Crippen molar-refractivity contribution in [3.63, 3.8) is 0 Å².